The molecule has 5 nitrogen and oxygen atoms in total. The molecule has 1 amide bonds. The van der Waals surface area contributed by atoms with E-state index < -0.39 is 10.0 Å². The molecular weight excluding hydrogens is 336 g/mol. The number of nitrogens with one attached hydrogen (secondary N) is 2. The zero-order valence-corrected chi connectivity index (χ0v) is 15.8. The Balaban J connectivity index is 2.15. The van der Waals surface area contributed by atoms with Gasteiger partial charge in [0.05, 0.1) is 4.90 Å². The van der Waals surface area contributed by atoms with Crippen molar-refractivity contribution in [1.82, 2.24) is 4.72 Å². The van der Waals surface area contributed by atoms with Crippen LogP contribution in [0.25, 0.3) is 0 Å². The molecule has 0 aromatic heterocycles. The minimum Gasteiger partial charge on any atom is -0.322 e. The van der Waals surface area contributed by atoms with Crippen molar-refractivity contribution in [2.75, 3.05) is 5.32 Å². The zero-order chi connectivity index (χ0) is 18.6. The normalized spacial score (nSPS) is 12.6. The topological polar surface area (TPSA) is 75.3 Å². The maximum atomic E-state index is 12.3. The maximum Gasteiger partial charge on any atom is 0.255 e. The van der Waals surface area contributed by atoms with E-state index in [1.165, 1.54) is 24.3 Å². The van der Waals surface area contributed by atoms with E-state index in [0.29, 0.717) is 12.0 Å². The summed E-state index contributed by atoms with van der Waals surface area (Å²) in [5.74, 6) is -0.274. The highest BCUT2D eigenvalue weighted by Gasteiger charge is 2.17. The molecule has 134 valence electrons. The van der Waals surface area contributed by atoms with Crippen LogP contribution in [0, 0.1) is 13.8 Å². The first-order chi connectivity index (χ1) is 11.7. The number of amides is 1. The van der Waals surface area contributed by atoms with Gasteiger partial charge in [0.1, 0.15) is 0 Å². The molecule has 0 heterocycles. The van der Waals surface area contributed by atoms with E-state index in [2.05, 4.69) is 10.0 Å². The van der Waals surface area contributed by atoms with Crippen molar-refractivity contribution >= 4 is 21.6 Å². The van der Waals surface area contributed by atoms with Gasteiger partial charge in [-0.25, -0.2) is 13.1 Å². The Kier molecular flexibility index (Phi) is 5.98. The summed E-state index contributed by atoms with van der Waals surface area (Å²) < 4.78 is 27.1. The Morgan fingerprint density at radius 1 is 1.04 bits per heavy atom. The summed E-state index contributed by atoms with van der Waals surface area (Å²) in [6, 6.07) is 11.6. The molecule has 0 spiro atoms. The van der Waals surface area contributed by atoms with E-state index >= 15 is 0 Å². The molecule has 0 aliphatic carbocycles. The molecular formula is C19H24N2O3S. The second-order valence-corrected chi connectivity index (χ2v) is 8.00. The lowest BCUT2D eigenvalue weighted by atomic mass is 10.1. The largest absolute Gasteiger partial charge is 0.322 e. The van der Waals surface area contributed by atoms with E-state index in [9.17, 15) is 13.2 Å². The third-order valence-corrected chi connectivity index (χ3v) is 5.48. The predicted octanol–water partition coefficient (Wildman–Crippen LogP) is 3.63. The third kappa shape index (κ3) is 5.14. The number of hydrogen-bond donors (Lipinski definition) is 2. The van der Waals surface area contributed by atoms with E-state index in [4.69, 9.17) is 0 Å². The van der Waals surface area contributed by atoms with Gasteiger partial charge < -0.3 is 5.32 Å². The van der Waals surface area contributed by atoms with Gasteiger partial charge in [-0.3, -0.25) is 4.79 Å². The lowest BCUT2D eigenvalue weighted by molar-refractivity contribution is 0.102. The van der Waals surface area contributed by atoms with Crippen molar-refractivity contribution in [1.29, 1.82) is 0 Å². The summed E-state index contributed by atoms with van der Waals surface area (Å²) in [6.45, 7) is 7.65. The first-order valence-electron chi connectivity index (χ1n) is 8.23. The summed E-state index contributed by atoms with van der Waals surface area (Å²) in [6.07, 6.45) is 0.704. The van der Waals surface area contributed by atoms with Gasteiger partial charge in [0.2, 0.25) is 10.0 Å². The Morgan fingerprint density at radius 2 is 1.60 bits per heavy atom. The molecule has 0 bridgehead atoms. The number of benzene rings is 2. The minimum absolute atomic E-state index is 0.141. The molecule has 2 rings (SSSR count). The molecule has 2 aromatic rings. The molecule has 0 aliphatic heterocycles. The summed E-state index contributed by atoms with van der Waals surface area (Å²) in [5, 5.41) is 2.84. The van der Waals surface area contributed by atoms with E-state index in [1.807, 2.05) is 45.9 Å². The minimum atomic E-state index is -3.57. The number of carbonyl (C=O) groups excluding carboxylic acids is 1. The first-order valence-corrected chi connectivity index (χ1v) is 9.71. The quantitative estimate of drug-likeness (QED) is 0.826. The number of carbonyl (C=O) groups is 1. The third-order valence-electron chi connectivity index (χ3n) is 3.88. The van der Waals surface area contributed by atoms with Crippen molar-refractivity contribution in [3.05, 3.63) is 59.2 Å². The van der Waals surface area contributed by atoms with Gasteiger partial charge in [0, 0.05) is 17.3 Å². The molecule has 0 fully saturated rings. The van der Waals surface area contributed by atoms with E-state index in [1.54, 1.807) is 0 Å². The summed E-state index contributed by atoms with van der Waals surface area (Å²) in [5.41, 5.74) is 3.25. The summed E-state index contributed by atoms with van der Waals surface area (Å²) in [7, 11) is -3.57. The average Bonchev–Trinajstić information content (AvgIpc) is 2.53. The Bertz CT molecular complexity index is 838. The fourth-order valence-corrected chi connectivity index (χ4v) is 3.78. The lowest BCUT2D eigenvalue weighted by Gasteiger charge is -2.12. The molecule has 25 heavy (non-hydrogen) atoms. The van der Waals surface area contributed by atoms with Crippen LogP contribution in [0.4, 0.5) is 5.69 Å². The van der Waals surface area contributed by atoms with Crippen LogP contribution in [0.3, 0.4) is 0 Å². The zero-order valence-electron chi connectivity index (χ0n) is 15.0. The van der Waals surface area contributed by atoms with Crippen LogP contribution in [0.2, 0.25) is 0 Å². The number of sulfonamides is 1. The SMILES string of the molecule is CCC(C)NS(=O)(=O)c1ccc(C(=O)Nc2cc(C)cc(C)c2)cc1. The maximum absolute atomic E-state index is 12.3. The Morgan fingerprint density at radius 3 is 2.12 bits per heavy atom. The molecule has 2 aromatic carbocycles. The van der Waals surface area contributed by atoms with Crippen LogP contribution in [0.5, 0.6) is 0 Å². The van der Waals surface area contributed by atoms with Crippen LogP contribution >= 0.6 is 0 Å². The van der Waals surface area contributed by atoms with Gasteiger partial charge in [-0.1, -0.05) is 13.0 Å². The van der Waals surface area contributed by atoms with Gasteiger partial charge >= 0.3 is 0 Å². The Hall–Kier alpha value is -2.18. The van der Waals surface area contributed by atoms with Gasteiger partial charge in [-0.15, -0.1) is 0 Å². The van der Waals surface area contributed by atoms with Crippen LogP contribution in [-0.4, -0.2) is 20.4 Å². The number of rotatable bonds is 6. The molecule has 6 heteroatoms. The lowest BCUT2D eigenvalue weighted by Crippen LogP contribution is -2.32. The number of aryl methyl sites for hydroxylation is 2. The highest BCUT2D eigenvalue weighted by Crippen LogP contribution is 2.16. The van der Waals surface area contributed by atoms with Crippen LogP contribution in [-0.2, 0) is 10.0 Å². The second kappa shape index (κ2) is 7.80. The second-order valence-electron chi connectivity index (χ2n) is 6.29. The van der Waals surface area contributed by atoms with Crippen LogP contribution < -0.4 is 10.0 Å². The van der Waals surface area contributed by atoms with Crippen LogP contribution in [0.15, 0.2) is 47.4 Å². The number of hydrogen-bond acceptors (Lipinski definition) is 3. The van der Waals surface area contributed by atoms with E-state index in [-0.39, 0.29) is 16.8 Å². The van der Waals surface area contributed by atoms with Gasteiger partial charge in [-0.05, 0) is 74.7 Å². The molecule has 0 saturated heterocycles. The summed E-state index contributed by atoms with van der Waals surface area (Å²) in [4.78, 5) is 12.5. The standard InChI is InChI=1S/C19H24N2O3S/c1-5-15(4)21-25(23,24)18-8-6-16(7-9-18)19(22)20-17-11-13(2)10-14(3)12-17/h6-12,15,21H,5H2,1-4H3,(H,20,22). The molecule has 0 aliphatic rings. The monoisotopic (exact) mass is 360 g/mol. The molecule has 1 unspecified atom stereocenters. The van der Waals surface area contributed by atoms with Gasteiger partial charge in [0.25, 0.3) is 5.91 Å². The fraction of sp³-hybridized carbons (Fsp3) is 0.316. The first kappa shape index (κ1) is 19.1. The predicted molar refractivity (Wildman–Crippen MR) is 100 cm³/mol. The summed E-state index contributed by atoms with van der Waals surface area (Å²) >= 11 is 0. The molecule has 0 radical (unpaired) electrons. The van der Waals surface area contributed by atoms with Crippen molar-refractivity contribution < 1.29 is 13.2 Å². The van der Waals surface area contributed by atoms with Gasteiger partial charge in [0.15, 0.2) is 0 Å². The molecule has 2 N–H and O–H groups in total. The van der Waals surface area contributed by atoms with Crippen LogP contribution in [0.1, 0.15) is 41.8 Å². The fourth-order valence-electron chi connectivity index (χ4n) is 2.45. The average molecular weight is 360 g/mol. The molecule has 1 atom stereocenters. The molecule has 0 saturated carbocycles. The highest BCUT2D eigenvalue weighted by molar-refractivity contribution is 7.89. The number of anilines is 1. The van der Waals surface area contributed by atoms with E-state index in [0.717, 1.165) is 16.8 Å². The highest BCUT2D eigenvalue weighted by atomic mass is 32.2. The van der Waals surface area contributed by atoms with Gasteiger partial charge in [-0.2, -0.15) is 0 Å². The van der Waals surface area contributed by atoms with Crippen molar-refractivity contribution in [2.24, 2.45) is 0 Å². The van der Waals surface area contributed by atoms with Crippen molar-refractivity contribution in [3.8, 4) is 0 Å². The Labute approximate surface area is 149 Å². The smallest absolute Gasteiger partial charge is 0.255 e. The van der Waals surface area contributed by atoms with Crippen molar-refractivity contribution in [2.45, 2.75) is 45.1 Å². The van der Waals surface area contributed by atoms with Crippen molar-refractivity contribution in [3.63, 3.8) is 0 Å².